The smallest absolute Gasteiger partial charge is 0.245 e. The van der Waals surface area contributed by atoms with Crippen LogP contribution in [-0.2, 0) is 28.7 Å². The maximum atomic E-state index is 13.8. The fourth-order valence-electron chi connectivity index (χ4n) is 3.63. The Bertz CT molecular complexity index is 1420. The lowest BCUT2D eigenvalue weighted by Gasteiger charge is -2.16. The Hall–Kier alpha value is -3.81. The van der Waals surface area contributed by atoms with Crippen molar-refractivity contribution in [1.82, 2.24) is 20.5 Å². The molecule has 2 aromatic heterocycles. The number of aromatic nitrogens is 3. The van der Waals surface area contributed by atoms with E-state index < -0.39 is 34.4 Å². The second-order valence-electron chi connectivity index (χ2n) is 7.87. The average Bonchev–Trinajstić information content (AvgIpc) is 3.55. The molecule has 0 radical (unpaired) electrons. The number of amides is 1. The highest BCUT2D eigenvalue weighted by atomic mass is 32.2. The number of hydroxylamine groups is 1. The minimum Gasteiger partial charge on any atom is -0.505 e. The molecule has 0 aliphatic heterocycles. The van der Waals surface area contributed by atoms with Gasteiger partial charge < -0.3 is 5.11 Å². The molecular formula is C23H22FN5O5S2. The van der Waals surface area contributed by atoms with Crippen LogP contribution < -0.4 is 9.79 Å². The number of carbonyl (C=O) groups is 1. The van der Waals surface area contributed by atoms with Crippen LogP contribution >= 0.6 is 11.3 Å². The van der Waals surface area contributed by atoms with Crippen molar-refractivity contribution in [2.45, 2.75) is 25.4 Å². The van der Waals surface area contributed by atoms with Gasteiger partial charge in [-0.15, -0.1) is 16.4 Å². The van der Waals surface area contributed by atoms with Gasteiger partial charge in [0.2, 0.25) is 16.8 Å². The number of thiol groups is 1. The summed E-state index contributed by atoms with van der Waals surface area (Å²) in [6.45, 7) is -0.0831. The molecule has 0 spiro atoms. The number of hydrogen-bond donors (Lipinski definition) is 4. The Labute approximate surface area is 211 Å². The van der Waals surface area contributed by atoms with Crippen LogP contribution in [0.25, 0.3) is 10.4 Å². The third-order valence-electron chi connectivity index (χ3n) is 5.37. The Balaban J connectivity index is 1.55. The summed E-state index contributed by atoms with van der Waals surface area (Å²) in [5.74, 6) is -1.99. The molecule has 0 saturated heterocycles. The van der Waals surface area contributed by atoms with E-state index in [1.165, 1.54) is 38.7 Å². The lowest BCUT2D eigenvalue weighted by Crippen LogP contribution is -2.25. The van der Waals surface area contributed by atoms with E-state index in [0.29, 0.717) is 16.3 Å². The minimum atomic E-state index is -2.98. The summed E-state index contributed by atoms with van der Waals surface area (Å²) in [6.07, 6.45) is 1.44. The number of rotatable bonds is 10. The molecule has 4 aromatic rings. The molecule has 0 unspecified atom stereocenters. The van der Waals surface area contributed by atoms with Gasteiger partial charge in [-0.2, -0.15) is 0 Å². The average molecular weight is 532 g/mol. The Kier molecular flexibility index (Phi) is 7.93. The summed E-state index contributed by atoms with van der Waals surface area (Å²) in [7, 11) is -2.98. The monoisotopic (exact) mass is 531 g/mol. The van der Waals surface area contributed by atoms with E-state index in [0.717, 1.165) is 16.5 Å². The number of nitrogens with one attached hydrogen (secondary N) is 1. The first-order chi connectivity index (χ1) is 17.3. The maximum Gasteiger partial charge on any atom is 0.245 e. The van der Waals surface area contributed by atoms with E-state index in [9.17, 15) is 22.7 Å². The zero-order chi connectivity index (χ0) is 25.7. The number of halogens is 1. The van der Waals surface area contributed by atoms with E-state index >= 15 is 0 Å². The third kappa shape index (κ3) is 6.05. The van der Waals surface area contributed by atoms with Crippen molar-refractivity contribution in [2.75, 3.05) is 4.31 Å². The fourth-order valence-corrected chi connectivity index (χ4v) is 5.36. The molecule has 4 rings (SSSR count). The van der Waals surface area contributed by atoms with Crippen LogP contribution in [-0.4, -0.2) is 39.6 Å². The van der Waals surface area contributed by atoms with Crippen LogP contribution in [0.1, 0.15) is 23.7 Å². The van der Waals surface area contributed by atoms with E-state index in [4.69, 9.17) is 5.21 Å². The number of anilines is 1. The molecule has 1 atom stereocenters. The molecule has 3 N–H and O–H groups in total. The van der Waals surface area contributed by atoms with Crippen LogP contribution in [0.2, 0.25) is 0 Å². The second-order valence-corrected chi connectivity index (χ2v) is 9.89. The highest BCUT2D eigenvalue weighted by Crippen LogP contribution is 2.34. The molecule has 0 saturated carbocycles. The number of nitrogens with zero attached hydrogens (tertiary/aromatic N) is 4. The first-order valence-electron chi connectivity index (χ1n) is 10.7. The summed E-state index contributed by atoms with van der Waals surface area (Å²) in [5.41, 5.74) is 3.34. The molecule has 0 aliphatic rings. The lowest BCUT2D eigenvalue weighted by molar-refractivity contribution is -0.130. The summed E-state index contributed by atoms with van der Waals surface area (Å²) in [6, 6.07) is 16.3. The first-order valence-corrected chi connectivity index (χ1v) is 12.7. The number of hydrogen-bond acceptors (Lipinski definition) is 8. The normalized spacial score (nSPS) is 12.0. The largest absolute Gasteiger partial charge is 0.505 e. The zero-order valence-corrected chi connectivity index (χ0v) is 20.4. The van der Waals surface area contributed by atoms with Crippen LogP contribution in [0.4, 0.5) is 9.39 Å². The zero-order valence-electron chi connectivity index (χ0n) is 18.7. The first kappa shape index (κ1) is 25.3. The van der Waals surface area contributed by atoms with Crippen molar-refractivity contribution in [3.8, 4) is 16.2 Å². The standard InChI is InChI=1S/C23H22FN5O5S2/c24-19-11-15(6-7-20(19)30)10-18(12-22(31)26-32)28-13-17(25-27-28)14-29(36(33)34)23-9-8-21(35-23)16-4-2-1-3-5-16/h1-9,11,13,18,30,32,36H,10,12,14H2,(H,26,31)/t18-/m0/s1. The van der Waals surface area contributed by atoms with Crippen molar-refractivity contribution >= 4 is 33.1 Å². The van der Waals surface area contributed by atoms with E-state index in [1.54, 1.807) is 11.5 Å². The molecule has 188 valence electrons. The van der Waals surface area contributed by atoms with Crippen LogP contribution in [0.15, 0.2) is 66.9 Å². The van der Waals surface area contributed by atoms with Gasteiger partial charge in [0.25, 0.3) is 0 Å². The molecule has 10 nitrogen and oxygen atoms in total. The number of carbonyl (C=O) groups excluding carboxylic acids is 1. The molecule has 13 heteroatoms. The number of phenols is 1. The molecular weight excluding hydrogens is 509 g/mol. The second kappa shape index (κ2) is 11.3. The SMILES string of the molecule is O=C(C[C@H](Cc1ccc(O)c(F)c1)n1cc(CN(c2ccc(-c3ccccc3)s2)[SH](=O)=O)nn1)NO. The highest BCUT2D eigenvalue weighted by Gasteiger charge is 2.21. The van der Waals surface area contributed by atoms with Gasteiger partial charge in [0.05, 0.1) is 25.2 Å². The fraction of sp³-hybridized carbons (Fsp3) is 0.174. The van der Waals surface area contributed by atoms with Gasteiger partial charge in [0.1, 0.15) is 10.7 Å². The summed E-state index contributed by atoms with van der Waals surface area (Å²) in [5, 5.41) is 27.0. The van der Waals surface area contributed by atoms with Gasteiger partial charge in [-0.05, 0) is 41.8 Å². The molecule has 2 heterocycles. The van der Waals surface area contributed by atoms with Gasteiger partial charge in [-0.3, -0.25) is 14.3 Å². The van der Waals surface area contributed by atoms with Gasteiger partial charge in [-0.25, -0.2) is 23.0 Å². The van der Waals surface area contributed by atoms with Gasteiger partial charge in [-0.1, -0.05) is 41.6 Å². The summed E-state index contributed by atoms with van der Waals surface area (Å²) < 4.78 is 40.5. The number of thiophene rings is 1. The van der Waals surface area contributed by atoms with Crippen molar-refractivity contribution in [1.29, 1.82) is 0 Å². The third-order valence-corrected chi connectivity index (χ3v) is 7.42. The molecule has 0 bridgehead atoms. The molecule has 1 amide bonds. The van der Waals surface area contributed by atoms with Crippen LogP contribution in [0.3, 0.4) is 0 Å². The maximum absolute atomic E-state index is 13.8. The van der Waals surface area contributed by atoms with Crippen LogP contribution in [0.5, 0.6) is 5.75 Å². The molecule has 36 heavy (non-hydrogen) atoms. The number of phenolic OH excluding ortho intramolecular Hbond substituents is 1. The number of benzene rings is 2. The van der Waals surface area contributed by atoms with Crippen molar-refractivity contribution in [2.24, 2.45) is 0 Å². The quantitative estimate of drug-likeness (QED) is 0.140. The van der Waals surface area contributed by atoms with Crippen LogP contribution in [0, 0.1) is 5.82 Å². The minimum absolute atomic E-state index is 0.0831. The summed E-state index contributed by atoms with van der Waals surface area (Å²) >= 11 is 1.32. The van der Waals surface area contributed by atoms with Gasteiger partial charge in [0.15, 0.2) is 11.6 Å². The van der Waals surface area contributed by atoms with Crippen molar-refractivity contribution in [3.05, 3.63) is 83.9 Å². The van der Waals surface area contributed by atoms with E-state index in [-0.39, 0.29) is 19.4 Å². The molecule has 2 aromatic carbocycles. The van der Waals surface area contributed by atoms with Gasteiger partial charge in [0, 0.05) is 4.88 Å². The summed E-state index contributed by atoms with van der Waals surface area (Å²) in [4.78, 5) is 12.8. The topological polar surface area (TPSA) is 138 Å². The van der Waals surface area contributed by atoms with Crippen molar-refractivity contribution in [3.63, 3.8) is 0 Å². The molecule has 0 aliphatic carbocycles. The predicted octanol–water partition coefficient (Wildman–Crippen LogP) is 3.06. The highest BCUT2D eigenvalue weighted by molar-refractivity contribution is 7.74. The number of aromatic hydroxyl groups is 1. The van der Waals surface area contributed by atoms with Crippen molar-refractivity contribution < 1.29 is 27.9 Å². The predicted molar refractivity (Wildman–Crippen MR) is 132 cm³/mol. The molecule has 0 fully saturated rings. The lowest BCUT2D eigenvalue weighted by atomic mass is 10.0. The Morgan fingerprint density at radius 2 is 1.94 bits per heavy atom. The van der Waals surface area contributed by atoms with Gasteiger partial charge >= 0.3 is 0 Å². The van der Waals surface area contributed by atoms with E-state index in [2.05, 4.69) is 10.3 Å². The Morgan fingerprint density at radius 1 is 1.17 bits per heavy atom. The Morgan fingerprint density at radius 3 is 2.64 bits per heavy atom. The van der Waals surface area contributed by atoms with E-state index in [1.807, 2.05) is 36.4 Å².